The van der Waals surface area contributed by atoms with Crippen molar-refractivity contribution in [3.8, 4) is 0 Å². The summed E-state index contributed by atoms with van der Waals surface area (Å²) in [7, 11) is 0. The molecule has 1 atom stereocenters. The Hall–Kier alpha value is -1.63. The highest BCUT2D eigenvalue weighted by Gasteiger charge is 2.22. The molecule has 1 amide bonds. The van der Waals surface area contributed by atoms with E-state index in [0.717, 1.165) is 17.9 Å². The predicted molar refractivity (Wildman–Crippen MR) is 97.4 cm³/mol. The Labute approximate surface area is 152 Å². The maximum atomic E-state index is 13.2. The lowest BCUT2D eigenvalue weighted by Crippen LogP contribution is -2.44. The number of H-pyrrole nitrogens is 1. The number of aromatic nitrogens is 2. The normalized spacial score (nSPS) is 15.8. The van der Waals surface area contributed by atoms with E-state index >= 15 is 0 Å². The third-order valence-corrected chi connectivity index (χ3v) is 3.86. The van der Waals surface area contributed by atoms with Gasteiger partial charge >= 0.3 is 0 Å². The van der Waals surface area contributed by atoms with Crippen molar-refractivity contribution >= 4 is 41.8 Å². The quantitative estimate of drug-likeness (QED) is 0.790. The van der Waals surface area contributed by atoms with Crippen LogP contribution in [0.4, 0.5) is 4.39 Å². The minimum absolute atomic E-state index is 0. The second kappa shape index (κ2) is 9.01. The Morgan fingerprint density at radius 1 is 1.42 bits per heavy atom. The van der Waals surface area contributed by atoms with E-state index in [9.17, 15) is 9.18 Å². The molecular weight excluding hydrogens is 354 g/mol. The summed E-state index contributed by atoms with van der Waals surface area (Å²) in [4.78, 5) is 21.7. The first kappa shape index (κ1) is 20.4. The van der Waals surface area contributed by atoms with E-state index in [2.05, 4.69) is 15.3 Å². The first-order valence-corrected chi connectivity index (χ1v) is 7.50. The molecule has 0 fully saturated rings. The number of hydrogen-bond acceptors (Lipinski definition) is 3. The fourth-order valence-electron chi connectivity index (χ4n) is 2.65. The van der Waals surface area contributed by atoms with Gasteiger partial charge in [-0.05, 0) is 25.1 Å². The van der Waals surface area contributed by atoms with Crippen molar-refractivity contribution in [2.24, 2.45) is 0 Å². The average Bonchev–Trinajstić information content (AvgIpc) is 3.16. The van der Waals surface area contributed by atoms with Gasteiger partial charge in [-0.2, -0.15) is 0 Å². The topological polar surface area (TPSA) is 61.0 Å². The third-order valence-electron chi connectivity index (χ3n) is 3.86. The van der Waals surface area contributed by atoms with Crippen LogP contribution < -0.4 is 5.32 Å². The highest BCUT2D eigenvalue weighted by Crippen LogP contribution is 2.13. The van der Waals surface area contributed by atoms with E-state index in [4.69, 9.17) is 0 Å². The van der Waals surface area contributed by atoms with Gasteiger partial charge in [0.15, 0.2) is 0 Å². The summed E-state index contributed by atoms with van der Waals surface area (Å²) >= 11 is 0. The smallest absolute Gasteiger partial charge is 0.243 e. The van der Waals surface area contributed by atoms with Crippen LogP contribution in [0.25, 0.3) is 11.0 Å². The van der Waals surface area contributed by atoms with Crippen LogP contribution in [0.3, 0.4) is 0 Å². The zero-order valence-corrected chi connectivity index (χ0v) is 14.9. The van der Waals surface area contributed by atoms with E-state index in [0.29, 0.717) is 25.0 Å². The largest absolute Gasteiger partial charge is 0.342 e. The molecule has 24 heavy (non-hydrogen) atoms. The number of amides is 1. The Balaban J connectivity index is 0.00000144. The molecule has 1 aromatic carbocycles. The van der Waals surface area contributed by atoms with E-state index in [1.807, 2.05) is 19.1 Å². The molecule has 0 bridgehead atoms. The van der Waals surface area contributed by atoms with Crippen molar-refractivity contribution < 1.29 is 9.18 Å². The number of carbonyl (C=O) groups excluding carboxylic acids is 1. The van der Waals surface area contributed by atoms with Gasteiger partial charge < -0.3 is 9.88 Å². The fourth-order valence-corrected chi connectivity index (χ4v) is 2.65. The third kappa shape index (κ3) is 4.47. The van der Waals surface area contributed by atoms with Gasteiger partial charge in [0.25, 0.3) is 0 Å². The molecule has 0 radical (unpaired) electrons. The number of hydrogen-bond donors (Lipinski definition) is 2. The van der Waals surface area contributed by atoms with Crippen LogP contribution in [-0.2, 0) is 11.2 Å². The Morgan fingerprint density at radius 2 is 2.21 bits per heavy atom. The van der Waals surface area contributed by atoms with Crippen molar-refractivity contribution in [2.75, 3.05) is 19.6 Å². The van der Waals surface area contributed by atoms with Gasteiger partial charge in [0, 0.05) is 26.1 Å². The second-order valence-electron chi connectivity index (χ2n) is 5.33. The molecule has 0 saturated carbocycles. The molecule has 132 valence electrons. The number of rotatable bonds is 5. The highest BCUT2D eigenvalue weighted by molar-refractivity contribution is 5.85. The zero-order chi connectivity index (χ0) is 15.5. The molecule has 1 aliphatic heterocycles. The summed E-state index contributed by atoms with van der Waals surface area (Å²) in [5.74, 6) is 0.562. The molecule has 0 saturated heterocycles. The number of likely N-dealkylation sites (N-methyl/N-ethyl adjacent to an activating group) is 1. The predicted octanol–water partition coefficient (Wildman–Crippen LogP) is 2.46. The van der Waals surface area contributed by atoms with Crippen LogP contribution in [0.1, 0.15) is 12.7 Å². The lowest BCUT2D eigenvalue weighted by atomic mass is 10.2. The molecule has 5 nitrogen and oxygen atoms in total. The van der Waals surface area contributed by atoms with Gasteiger partial charge in [-0.15, -0.1) is 24.8 Å². The van der Waals surface area contributed by atoms with Crippen molar-refractivity contribution in [2.45, 2.75) is 19.4 Å². The van der Waals surface area contributed by atoms with Crippen LogP contribution in [0.2, 0.25) is 0 Å². The van der Waals surface area contributed by atoms with Crippen molar-refractivity contribution in [3.63, 3.8) is 0 Å². The van der Waals surface area contributed by atoms with Gasteiger partial charge in [0.2, 0.25) is 5.91 Å². The molecule has 8 heteroatoms. The number of aromatic amines is 1. The van der Waals surface area contributed by atoms with Gasteiger partial charge in [0.05, 0.1) is 11.0 Å². The van der Waals surface area contributed by atoms with Gasteiger partial charge in [-0.25, -0.2) is 9.37 Å². The van der Waals surface area contributed by atoms with E-state index in [1.54, 1.807) is 11.0 Å². The number of nitrogens with zero attached hydrogens (tertiary/aromatic N) is 2. The van der Waals surface area contributed by atoms with E-state index in [-0.39, 0.29) is 42.6 Å². The lowest BCUT2D eigenvalue weighted by Gasteiger charge is -2.23. The molecule has 2 N–H and O–H groups in total. The number of imidazole rings is 1. The maximum absolute atomic E-state index is 13.2. The SMILES string of the molecule is CCN(CCc1nc2ccc(F)cc2[nH]1)C(=O)C1C=CCN1.Cl.Cl. The van der Waals surface area contributed by atoms with Gasteiger partial charge in [0.1, 0.15) is 17.7 Å². The summed E-state index contributed by atoms with van der Waals surface area (Å²) in [5.41, 5.74) is 1.43. The Morgan fingerprint density at radius 3 is 2.88 bits per heavy atom. The number of halogens is 3. The van der Waals surface area contributed by atoms with E-state index < -0.39 is 0 Å². The molecular formula is C16H21Cl2FN4O. The standard InChI is InChI=1S/C16H19FN4O.2ClH/c1-2-21(16(22)13-4-3-8-18-13)9-7-15-19-12-6-5-11(17)10-14(12)20-15;;/h3-6,10,13,18H,2,7-9H2,1H3,(H,19,20);2*1H. The van der Waals surface area contributed by atoms with Crippen LogP contribution in [-0.4, -0.2) is 46.5 Å². The first-order valence-electron chi connectivity index (χ1n) is 7.50. The summed E-state index contributed by atoms with van der Waals surface area (Å²) in [6.07, 6.45) is 4.48. The average molecular weight is 375 g/mol. The summed E-state index contributed by atoms with van der Waals surface area (Å²) < 4.78 is 13.2. The van der Waals surface area contributed by atoms with Gasteiger partial charge in [-0.1, -0.05) is 12.2 Å². The van der Waals surface area contributed by atoms with E-state index in [1.165, 1.54) is 12.1 Å². The molecule has 1 unspecified atom stereocenters. The monoisotopic (exact) mass is 374 g/mol. The van der Waals surface area contributed by atoms with Crippen LogP contribution in [0.5, 0.6) is 0 Å². The highest BCUT2D eigenvalue weighted by atomic mass is 35.5. The summed E-state index contributed by atoms with van der Waals surface area (Å²) in [6, 6.07) is 4.26. The Kier molecular flexibility index (Phi) is 7.66. The molecule has 3 rings (SSSR count). The Bertz CT molecular complexity index is 719. The number of fused-ring (bicyclic) bond motifs is 1. The van der Waals surface area contributed by atoms with Crippen molar-refractivity contribution in [3.05, 3.63) is 42.0 Å². The van der Waals surface area contributed by atoms with Crippen molar-refractivity contribution in [1.82, 2.24) is 20.2 Å². The minimum atomic E-state index is -0.285. The first-order chi connectivity index (χ1) is 10.7. The van der Waals surface area contributed by atoms with Gasteiger partial charge in [-0.3, -0.25) is 10.1 Å². The molecule has 1 aromatic heterocycles. The van der Waals surface area contributed by atoms with Crippen LogP contribution >= 0.6 is 24.8 Å². The number of nitrogens with one attached hydrogen (secondary N) is 2. The molecule has 2 heterocycles. The summed E-state index contributed by atoms with van der Waals surface area (Å²) in [6.45, 7) is 3.94. The summed E-state index contributed by atoms with van der Waals surface area (Å²) in [5, 5.41) is 3.13. The second-order valence-corrected chi connectivity index (χ2v) is 5.33. The minimum Gasteiger partial charge on any atom is -0.342 e. The molecule has 2 aromatic rings. The molecule has 1 aliphatic rings. The maximum Gasteiger partial charge on any atom is 0.243 e. The number of benzene rings is 1. The zero-order valence-electron chi connectivity index (χ0n) is 13.3. The number of carbonyl (C=O) groups is 1. The molecule has 0 aliphatic carbocycles. The van der Waals surface area contributed by atoms with Crippen LogP contribution in [0.15, 0.2) is 30.4 Å². The molecule has 0 spiro atoms. The lowest BCUT2D eigenvalue weighted by molar-refractivity contribution is -0.131. The van der Waals surface area contributed by atoms with Crippen LogP contribution in [0, 0.1) is 5.82 Å². The van der Waals surface area contributed by atoms with Crippen molar-refractivity contribution in [1.29, 1.82) is 0 Å². The fraction of sp³-hybridized carbons (Fsp3) is 0.375.